The number of fused-ring (bicyclic) bond motifs is 4. The first kappa shape index (κ1) is 15.9. The molecule has 2 fully saturated rings. The molecule has 0 aliphatic heterocycles. The van der Waals surface area contributed by atoms with E-state index in [0.29, 0.717) is 17.3 Å². The second-order valence-electron chi connectivity index (χ2n) is 8.41. The van der Waals surface area contributed by atoms with Crippen LogP contribution in [0.1, 0.15) is 78.1 Å². The Bertz CT molecular complexity index is 520. The van der Waals surface area contributed by atoms with Crippen LogP contribution in [-0.2, 0) is 9.53 Å². The zero-order valence-corrected chi connectivity index (χ0v) is 14.9. The highest BCUT2D eigenvalue weighted by Gasteiger charge is 2.57. The number of hydrogen-bond donors (Lipinski definition) is 0. The molecule has 4 rings (SSSR count). The van der Waals surface area contributed by atoms with E-state index in [4.69, 9.17) is 4.74 Å². The van der Waals surface area contributed by atoms with Gasteiger partial charge in [0.15, 0.2) is 0 Å². The van der Waals surface area contributed by atoms with Crippen LogP contribution in [0.4, 0.5) is 0 Å². The highest BCUT2D eigenvalue weighted by molar-refractivity contribution is 5.82. The first-order chi connectivity index (χ1) is 11.2. The molecule has 0 aromatic heterocycles. The fraction of sp³-hybridized carbons (Fsp3) is 0.857. The summed E-state index contributed by atoms with van der Waals surface area (Å²) in [5, 5.41) is 0. The van der Waals surface area contributed by atoms with E-state index in [1.54, 1.807) is 11.1 Å². The third-order valence-electron chi connectivity index (χ3n) is 7.86. The van der Waals surface area contributed by atoms with Crippen molar-refractivity contribution in [2.45, 2.75) is 84.2 Å². The molecule has 0 heterocycles. The molecule has 23 heavy (non-hydrogen) atoms. The Balaban J connectivity index is 1.62. The Hall–Kier alpha value is -0.630. The summed E-state index contributed by atoms with van der Waals surface area (Å²) < 4.78 is 6.21. The minimum absolute atomic E-state index is 0.458. The van der Waals surface area contributed by atoms with E-state index in [1.165, 1.54) is 44.9 Å². The number of Topliss-reactive ketones (excluding diaryl/α,β-unsaturated/α-hetero) is 1. The Morgan fingerprint density at radius 2 is 1.96 bits per heavy atom. The third-order valence-corrected chi connectivity index (χ3v) is 7.86. The van der Waals surface area contributed by atoms with Crippen LogP contribution in [-0.4, -0.2) is 18.5 Å². The molecule has 2 heteroatoms. The lowest BCUT2D eigenvalue weighted by Gasteiger charge is -2.53. The van der Waals surface area contributed by atoms with Gasteiger partial charge in [-0.2, -0.15) is 0 Å². The maximum Gasteiger partial charge on any atom is 0.137 e. The maximum absolute atomic E-state index is 11.8. The van der Waals surface area contributed by atoms with E-state index in [0.717, 1.165) is 43.6 Å². The first-order valence-corrected chi connectivity index (χ1v) is 10.0. The summed E-state index contributed by atoms with van der Waals surface area (Å²) in [5.41, 5.74) is 3.73. The Kier molecular flexibility index (Phi) is 4.16. The van der Waals surface area contributed by atoms with Crippen LogP contribution in [0, 0.1) is 23.2 Å². The molecule has 0 aromatic rings. The molecule has 0 spiro atoms. The van der Waals surface area contributed by atoms with Crippen molar-refractivity contribution in [2.75, 3.05) is 6.61 Å². The predicted octanol–water partition coefficient (Wildman–Crippen LogP) is 5.07. The van der Waals surface area contributed by atoms with Crippen LogP contribution in [0.25, 0.3) is 0 Å². The van der Waals surface area contributed by atoms with Crippen molar-refractivity contribution in [1.29, 1.82) is 0 Å². The number of ketones is 1. The Morgan fingerprint density at radius 3 is 2.74 bits per heavy atom. The zero-order chi connectivity index (χ0) is 16.0. The molecule has 0 amide bonds. The van der Waals surface area contributed by atoms with Crippen LogP contribution in [0.3, 0.4) is 0 Å². The molecule has 4 aliphatic carbocycles. The molecule has 0 bridgehead atoms. The number of ether oxygens (including phenoxy) is 1. The Morgan fingerprint density at radius 1 is 1.09 bits per heavy atom. The van der Waals surface area contributed by atoms with Gasteiger partial charge in [-0.3, -0.25) is 4.79 Å². The van der Waals surface area contributed by atoms with Gasteiger partial charge < -0.3 is 4.74 Å². The first-order valence-electron chi connectivity index (χ1n) is 10.0. The molecule has 5 atom stereocenters. The predicted molar refractivity (Wildman–Crippen MR) is 92.2 cm³/mol. The second kappa shape index (κ2) is 6.02. The monoisotopic (exact) mass is 316 g/mol. The zero-order valence-electron chi connectivity index (χ0n) is 14.9. The van der Waals surface area contributed by atoms with Gasteiger partial charge in [0.25, 0.3) is 0 Å². The second-order valence-corrected chi connectivity index (χ2v) is 8.41. The fourth-order valence-electron chi connectivity index (χ4n) is 6.93. The van der Waals surface area contributed by atoms with Crippen molar-refractivity contribution >= 4 is 5.78 Å². The minimum Gasteiger partial charge on any atom is -0.378 e. The lowest BCUT2D eigenvalue weighted by molar-refractivity contribution is -0.119. The van der Waals surface area contributed by atoms with E-state index in [1.807, 2.05) is 0 Å². The van der Waals surface area contributed by atoms with Gasteiger partial charge >= 0.3 is 0 Å². The molecular weight excluding hydrogens is 284 g/mol. The summed E-state index contributed by atoms with van der Waals surface area (Å²) in [5.74, 6) is 3.03. The molecule has 0 unspecified atom stereocenters. The summed E-state index contributed by atoms with van der Waals surface area (Å²) in [6.45, 7) is 5.42. The van der Waals surface area contributed by atoms with Crippen molar-refractivity contribution in [1.82, 2.24) is 0 Å². The molecule has 0 N–H and O–H groups in total. The van der Waals surface area contributed by atoms with Crippen LogP contribution >= 0.6 is 0 Å². The number of rotatable bonds is 3. The van der Waals surface area contributed by atoms with Gasteiger partial charge in [0, 0.05) is 19.4 Å². The molecular formula is C21H32O2. The summed E-state index contributed by atoms with van der Waals surface area (Å²) in [6.07, 6.45) is 12.4. The van der Waals surface area contributed by atoms with Gasteiger partial charge in [0.1, 0.15) is 5.78 Å². The van der Waals surface area contributed by atoms with Crippen LogP contribution in [0.15, 0.2) is 11.1 Å². The fourth-order valence-corrected chi connectivity index (χ4v) is 6.93. The maximum atomic E-state index is 11.8. The van der Waals surface area contributed by atoms with Crippen molar-refractivity contribution in [3.8, 4) is 0 Å². The van der Waals surface area contributed by atoms with Crippen molar-refractivity contribution in [3.63, 3.8) is 0 Å². The molecule has 0 saturated heterocycles. The quantitative estimate of drug-likeness (QED) is 0.680. The van der Waals surface area contributed by atoms with E-state index in [-0.39, 0.29) is 0 Å². The highest BCUT2D eigenvalue weighted by Crippen LogP contribution is 2.63. The average Bonchev–Trinajstić information content (AvgIpc) is 2.94. The lowest BCUT2D eigenvalue weighted by atomic mass is 9.53. The topological polar surface area (TPSA) is 26.3 Å². The van der Waals surface area contributed by atoms with E-state index >= 15 is 0 Å². The number of carbonyl (C=O) groups excluding carboxylic acids is 1. The highest BCUT2D eigenvalue weighted by atomic mass is 16.5. The van der Waals surface area contributed by atoms with Crippen LogP contribution in [0.2, 0.25) is 0 Å². The standard InChI is InChI=1S/C21H32O2/c1-3-21-12-11-17-16-8-6-15(22)13-14(16)5-7-18(17)19(21)9-10-20(21)23-4-2/h17-20H,3-13H2,1-2H3/t17-,18+,19+,20+,21+/m1/s1. The largest absolute Gasteiger partial charge is 0.378 e. The van der Waals surface area contributed by atoms with E-state index in [2.05, 4.69) is 13.8 Å². The summed E-state index contributed by atoms with van der Waals surface area (Å²) in [4.78, 5) is 11.8. The molecule has 2 nitrogen and oxygen atoms in total. The van der Waals surface area contributed by atoms with Gasteiger partial charge in [-0.05, 0) is 81.5 Å². The van der Waals surface area contributed by atoms with Gasteiger partial charge in [0.05, 0.1) is 6.10 Å². The smallest absolute Gasteiger partial charge is 0.137 e. The molecule has 0 radical (unpaired) electrons. The molecule has 0 aromatic carbocycles. The van der Waals surface area contributed by atoms with E-state index in [9.17, 15) is 4.79 Å². The van der Waals surface area contributed by atoms with Gasteiger partial charge in [0.2, 0.25) is 0 Å². The summed E-state index contributed by atoms with van der Waals surface area (Å²) in [6, 6.07) is 0. The van der Waals surface area contributed by atoms with Crippen LogP contribution in [0.5, 0.6) is 0 Å². The van der Waals surface area contributed by atoms with Crippen LogP contribution < -0.4 is 0 Å². The molecule has 2 saturated carbocycles. The van der Waals surface area contributed by atoms with Crippen molar-refractivity contribution < 1.29 is 9.53 Å². The van der Waals surface area contributed by atoms with Gasteiger partial charge in [-0.15, -0.1) is 0 Å². The normalized spacial score (nSPS) is 43.1. The average molecular weight is 316 g/mol. The number of allylic oxidation sites excluding steroid dienone is 2. The van der Waals surface area contributed by atoms with E-state index < -0.39 is 0 Å². The number of carbonyl (C=O) groups is 1. The van der Waals surface area contributed by atoms with Crippen molar-refractivity contribution in [2.24, 2.45) is 23.2 Å². The Labute approximate surface area is 141 Å². The van der Waals surface area contributed by atoms with Gasteiger partial charge in [-0.1, -0.05) is 18.1 Å². The van der Waals surface area contributed by atoms with Crippen molar-refractivity contribution in [3.05, 3.63) is 11.1 Å². The van der Waals surface area contributed by atoms with Gasteiger partial charge in [-0.25, -0.2) is 0 Å². The lowest BCUT2D eigenvalue weighted by Crippen LogP contribution is -2.47. The summed E-state index contributed by atoms with van der Waals surface area (Å²) in [7, 11) is 0. The SMILES string of the molecule is CCO[C@H]1CC[C@H]2[C@H]3CCC4=C(CCC(=O)C4)[C@H]3CC[C@]12CC. The summed E-state index contributed by atoms with van der Waals surface area (Å²) >= 11 is 0. The third kappa shape index (κ3) is 2.35. The molecule has 4 aliphatic rings. The minimum atomic E-state index is 0.458. The molecule has 128 valence electrons. The number of hydrogen-bond acceptors (Lipinski definition) is 2.